The van der Waals surface area contributed by atoms with Crippen LogP contribution in [-0.2, 0) is 12.8 Å². The number of halogens is 2. The van der Waals surface area contributed by atoms with E-state index in [9.17, 15) is 0 Å². The van der Waals surface area contributed by atoms with Crippen LogP contribution in [0, 0.1) is 0 Å². The van der Waals surface area contributed by atoms with Crippen LogP contribution >= 0.6 is 67.1 Å². The van der Waals surface area contributed by atoms with E-state index < -0.39 is 0 Å². The van der Waals surface area contributed by atoms with Crippen LogP contribution in [0.5, 0.6) is 0 Å². The van der Waals surface area contributed by atoms with E-state index in [0.717, 1.165) is 35.0 Å². The molecule has 0 aliphatic heterocycles. The van der Waals surface area contributed by atoms with Gasteiger partial charge in [0.1, 0.15) is 0 Å². The number of benzene rings is 2. The van der Waals surface area contributed by atoms with Crippen molar-refractivity contribution >= 4 is 67.1 Å². The van der Waals surface area contributed by atoms with Gasteiger partial charge >= 0.3 is 0 Å². The summed E-state index contributed by atoms with van der Waals surface area (Å²) in [5.74, 6) is 2.24. The van der Waals surface area contributed by atoms with Crippen molar-refractivity contribution < 1.29 is 0 Å². The average Bonchev–Trinajstić information content (AvgIpc) is 2.65. The topological polar surface area (TPSA) is 0 Å². The summed E-state index contributed by atoms with van der Waals surface area (Å²) in [6, 6.07) is 13.8. The van der Waals surface area contributed by atoms with Crippen LogP contribution in [0.25, 0.3) is 0 Å². The molecule has 2 rings (SSSR count). The van der Waals surface area contributed by atoms with Crippen molar-refractivity contribution in [1.29, 1.82) is 0 Å². The minimum absolute atomic E-state index is 1.04. The van der Waals surface area contributed by atoms with E-state index in [4.69, 9.17) is 0 Å². The second-order valence-electron chi connectivity index (χ2n) is 5.42. The highest BCUT2D eigenvalue weighted by atomic mass is 79.9. The van der Waals surface area contributed by atoms with E-state index >= 15 is 0 Å². The van der Waals surface area contributed by atoms with Crippen LogP contribution in [0.2, 0.25) is 0 Å². The van der Waals surface area contributed by atoms with Crippen molar-refractivity contribution in [3.05, 3.63) is 47.5 Å². The minimum atomic E-state index is 1.04. The van der Waals surface area contributed by atoms with E-state index in [0.29, 0.717) is 0 Å². The second kappa shape index (κ2) is 12.0. The van der Waals surface area contributed by atoms with E-state index in [-0.39, 0.29) is 0 Å². The summed E-state index contributed by atoms with van der Waals surface area (Å²) in [7, 11) is 0. The normalized spacial score (nSPS) is 11.0. The Morgan fingerprint density at radius 2 is 1.16 bits per heavy atom. The quantitative estimate of drug-likeness (QED) is 0.231. The summed E-state index contributed by atoms with van der Waals surface area (Å²) >= 11 is 12.8. The number of thioether (sulfide) groups is 2. The van der Waals surface area contributed by atoms with Crippen molar-refractivity contribution in [2.75, 3.05) is 22.2 Å². The van der Waals surface area contributed by atoms with E-state index in [1.807, 2.05) is 35.3 Å². The van der Waals surface area contributed by atoms with Crippen LogP contribution in [0.15, 0.2) is 56.0 Å². The number of rotatable bonds is 10. The Bertz CT molecular complexity index is 616. The molecule has 0 N–H and O–H groups in total. The first-order chi connectivity index (χ1) is 12.2. The maximum atomic E-state index is 3.52. The lowest BCUT2D eigenvalue weighted by Crippen LogP contribution is -1.90. The smallest absolute Gasteiger partial charge is 0.0126 e. The molecule has 136 valence electrons. The predicted octanol–water partition coefficient (Wildman–Crippen LogP) is 7.94. The van der Waals surface area contributed by atoms with Crippen LogP contribution in [0.4, 0.5) is 0 Å². The highest BCUT2D eigenvalue weighted by molar-refractivity contribution is 9.09. The van der Waals surface area contributed by atoms with Gasteiger partial charge in [-0.2, -0.15) is 0 Å². The van der Waals surface area contributed by atoms with Crippen molar-refractivity contribution in [2.45, 2.75) is 46.3 Å². The highest BCUT2D eigenvalue weighted by Crippen LogP contribution is 2.35. The van der Waals surface area contributed by atoms with E-state index in [1.165, 1.54) is 30.7 Å². The Hall–Kier alpha value is 0.450. The lowest BCUT2D eigenvalue weighted by molar-refractivity contribution is 1.06. The molecule has 0 bridgehead atoms. The van der Waals surface area contributed by atoms with Gasteiger partial charge in [0.25, 0.3) is 0 Å². The third-order valence-corrected chi connectivity index (χ3v) is 8.79. The molecule has 0 amide bonds. The molecule has 0 aliphatic rings. The molecule has 0 spiro atoms. The summed E-state index contributed by atoms with van der Waals surface area (Å²) in [4.78, 5) is 5.51. The number of hydrogen-bond donors (Lipinski definition) is 0. The monoisotopic (exact) mass is 518 g/mol. The minimum Gasteiger partial charge on any atom is -0.125 e. The molecule has 0 nitrogen and oxygen atoms in total. The predicted molar refractivity (Wildman–Crippen MR) is 125 cm³/mol. The van der Waals surface area contributed by atoms with Gasteiger partial charge in [0.15, 0.2) is 0 Å². The molecule has 0 heterocycles. The number of hydrogen-bond acceptors (Lipinski definition) is 3. The summed E-state index contributed by atoms with van der Waals surface area (Å²) in [5, 5.41) is 2.08. The van der Waals surface area contributed by atoms with Gasteiger partial charge in [0.2, 0.25) is 0 Å². The van der Waals surface area contributed by atoms with Gasteiger partial charge in [-0.05, 0) is 60.4 Å². The molecule has 0 saturated carbocycles. The molecular weight excluding hydrogens is 496 g/mol. The Balaban J connectivity index is 2.15. The molecule has 0 radical (unpaired) electrons. The van der Waals surface area contributed by atoms with Crippen molar-refractivity contribution in [3.63, 3.8) is 0 Å². The van der Waals surface area contributed by atoms with Crippen molar-refractivity contribution in [3.8, 4) is 0 Å². The third kappa shape index (κ3) is 6.84. The van der Waals surface area contributed by atoms with E-state index in [2.05, 4.69) is 82.1 Å². The van der Waals surface area contributed by atoms with Gasteiger partial charge in [-0.15, -0.1) is 23.5 Å². The fourth-order valence-electron chi connectivity index (χ4n) is 2.51. The van der Waals surface area contributed by atoms with Gasteiger partial charge in [0, 0.05) is 41.7 Å². The SMILES string of the molecule is CCc1cc(Sc2ccc(SCCBr)c(CC)c2)ccc1SCCBr. The molecule has 0 atom stereocenters. The Morgan fingerprint density at radius 1 is 0.720 bits per heavy atom. The molecular formula is C20H24Br2S3. The highest BCUT2D eigenvalue weighted by Gasteiger charge is 2.07. The maximum Gasteiger partial charge on any atom is 0.0126 e. The fourth-order valence-corrected chi connectivity index (χ4v) is 6.12. The van der Waals surface area contributed by atoms with Crippen molar-refractivity contribution in [1.82, 2.24) is 0 Å². The summed E-state index contributed by atoms with van der Waals surface area (Å²) < 4.78 is 0. The average molecular weight is 520 g/mol. The standard InChI is InChI=1S/C20H24Br2S3/c1-3-15-13-17(5-7-19(15)23-11-9-21)25-18-6-8-20(24-12-10-22)16(4-2)14-18/h5-8,13-14H,3-4,9-12H2,1-2H3. The fraction of sp³-hybridized carbons (Fsp3) is 0.400. The Kier molecular flexibility index (Phi) is 10.5. The van der Waals surface area contributed by atoms with Gasteiger partial charge < -0.3 is 0 Å². The molecule has 0 fully saturated rings. The van der Waals surface area contributed by atoms with Crippen molar-refractivity contribution in [2.24, 2.45) is 0 Å². The molecule has 25 heavy (non-hydrogen) atoms. The van der Waals surface area contributed by atoms with Gasteiger partial charge in [-0.1, -0.05) is 57.5 Å². The zero-order valence-corrected chi connectivity index (χ0v) is 20.3. The van der Waals surface area contributed by atoms with Crippen LogP contribution in [0.3, 0.4) is 0 Å². The first-order valence-corrected chi connectivity index (χ1v) is 13.6. The summed E-state index contributed by atoms with van der Waals surface area (Å²) in [5.41, 5.74) is 2.91. The van der Waals surface area contributed by atoms with Gasteiger partial charge in [-0.25, -0.2) is 0 Å². The molecule has 2 aromatic rings. The van der Waals surface area contributed by atoms with Gasteiger partial charge in [-0.3, -0.25) is 0 Å². The summed E-state index contributed by atoms with van der Waals surface area (Å²) in [6.07, 6.45) is 2.17. The molecule has 0 aliphatic carbocycles. The Morgan fingerprint density at radius 3 is 1.52 bits per heavy atom. The maximum absolute atomic E-state index is 3.52. The Labute approximate surface area is 182 Å². The zero-order chi connectivity index (χ0) is 18.1. The zero-order valence-electron chi connectivity index (χ0n) is 14.7. The molecule has 0 unspecified atom stereocenters. The first kappa shape index (κ1) is 21.7. The van der Waals surface area contributed by atoms with Crippen LogP contribution < -0.4 is 0 Å². The van der Waals surface area contributed by atoms with Gasteiger partial charge in [0.05, 0.1) is 0 Å². The first-order valence-electron chi connectivity index (χ1n) is 8.53. The number of alkyl halides is 2. The molecule has 0 saturated heterocycles. The lowest BCUT2D eigenvalue weighted by atomic mass is 10.2. The van der Waals surface area contributed by atoms with Crippen LogP contribution in [-0.4, -0.2) is 22.2 Å². The summed E-state index contributed by atoms with van der Waals surface area (Å²) in [6.45, 7) is 4.49. The third-order valence-electron chi connectivity index (χ3n) is 3.73. The van der Waals surface area contributed by atoms with E-state index in [1.54, 1.807) is 0 Å². The largest absolute Gasteiger partial charge is 0.125 e. The second-order valence-corrected chi connectivity index (χ2v) is 10.4. The number of aryl methyl sites for hydroxylation is 2. The lowest BCUT2D eigenvalue weighted by Gasteiger charge is -2.12. The van der Waals surface area contributed by atoms with Crippen LogP contribution in [0.1, 0.15) is 25.0 Å². The molecule has 0 aromatic heterocycles. The molecule has 2 aromatic carbocycles. The molecule has 5 heteroatoms.